The van der Waals surface area contributed by atoms with E-state index in [2.05, 4.69) is 10.3 Å². The maximum atomic E-state index is 13.0. The van der Waals surface area contributed by atoms with E-state index in [1.54, 1.807) is 13.8 Å². The van der Waals surface area contributed by atoms with Gasteiger partial charge in [0.2, 0.25) is 11.8 Å². The van der Waals surface area contributed by atoms with E-state index < -0.39 is 35.3 Å². The van der Waals surface area contributed by atoms with Gasteiger partial charge in [-0.1, -0.05) is 0 Å². The highest BCUT2D eigenvalue weighted by atomic mass is 19.4. The van der Waals surface area contributed by atoms with Crippen molar-refractivity contribution in [3.8, 4) is 5.88 Å². The zero-order valence-electron chi connectivity index (χ0n) is 15.0. The molecule has 150 valence electrons. The van der Waals surface area contributed by atoms with Crippen molar-refractivity contribution in [2.75, 3.05) is 13.2 Å². The summed E-state index contributed by atoms with van der Waals surface area (Å²) in [7, 11) is 0. The first-order valence-electron chi connectivity index (χ1n) is 8.45. The lowest BCUT2D eigenvalue weighted by Gasteiger charge is -2.28. The van der Waals surface area contributed by atoms with Gasteiger partial charge in [-0.3, -0.25) is 4.79 Å². The number of likely N-dealkylation sites (tertiary alicyclic amines) is 1. The van der Waals surface area contributed by atoms with Crippen LogP contribution in [0.4, 0.5) is 18.0 Å². The molecule has 1 aromatic rings. The summed E-state index contributed by atoms with van der Waals surface area (Å²) in [4.78, 5) is 28.2. The molecule has 7 nitrogen and oxygen atoms in total. The molecule has 10 heteroatoms. The minimum Gasteiger partial charge on any atom is -0.475 e. The van der Waals surface area contributed by atoms with Crippen LogP contribution in [-0.2, 0) is 11.0 Å². The van der Waals surface area contributed by atoms with Crippen LogP contribution in [0, 0.1) is 0 Å². The van der Waals surface area contributed by atoms with Gasteiger partial charge in [0, 0.05) is 25.2 Å². The van der Waals surface area contributed by atoms with Gasteiger partial charge >= 0.3 is 12.3 Å². The second-order valence-electron chi connectivity index (χ2n) is 7.05. The Bertz CT molecular complexity index is 694. The number of ether oxygens (including phenoxy) is 1. The van der Waals surface area contributed by atoms with Crippen molar-refractivity contribution in [3.05, 3.63) is 23.9 Å². The van der Waals surface area contributed by atoms with Gasteiger partial charge in [-0.15, -0.1) is 0 Å². The van der Waals surface area contributed by atoms with Gasteiger partial charge in [-0.05, 0) is 38.8 Å². The van der Waals surface area contributed by atoms with Gasteiger partial charge in [-0.25, -0.2) is 9.78 Å². The van der Waals surface area contributed by atoms with Gasteiger partial charge < -0.3 is 20.1 Å². The molecule has 0 radical (unpaired) electrons. The van der Waals surface area contributed by atoms with Gasteiger partial charge in [0.1, 0.15) is 12.2 Å². The van der Waals surface area contributed by atoms with E-state index >= 15 is 0 Å². The van der Waals surface area contributed by atoms with Crippen LogP contribution in [0.15, 0.2) is 18.3 Å². The zero-order valence-corrected chi connectivity index (χ0v) is 15.0. The first kappa shape index (κ1) is 20.8. The van der Waals surface area contributed by atoms with E-state index in [1.807, 2.05) is 0 Å². The summed E-state index contributed by atoms with van der Waals surface area (Å²) < 4.78 is 44.1. The molecule has 1 aromatic heterocycles. The summed E-state index contributed by atoms with van der Waals surface area (Å²) in [6.07, 6.45) is -3.19. The fourth-order valence-corrected chi connectivity index (χ4v) is 2.95. The predicted octanol–water partition coefficient (Wildman–Crippen LogP) is 2.91. The number of carboxylic acid groups (broad SMARTS) is 1. The third-order valence-electron chi connectivity index (χ3n) is 4.17. The van der Waals surface area contributed by atoms with Crippen molar-refractivity contribution >= 4 is 12.0 Å². The average Bonchev–Trinajstić information content (AvgIpc) is 3.00. The summed E-state index contributed by atoms with van der Waals surface area (Å²) in [6.45, 7) is 3.36. The van der Waals surface area contributed by atoms with E-state index in [9.17, 15) is 22.8 Å². The molecule has 0 aromatic carbocycles. The van der Waals surface area contributed by atoms with Crippen LogP contribution < -0.4 is 10.1 Å². The molecule has 0 spiro atoms. The molecular formula is C17H22F3N3O4. The van der Waals surface area contributed by atoms with Crippen LogP contribution in [0.25, 0.3) is 0 Å². The molecule has 2 N–H and O–H groups in total. The fourth-order valence-electron chi connectivity index (χ4n) is 2.95. The molecule has 1 atom stereocenters. The number of amides is 2. The third kappa shape index (κ3) is 5.73. The highest BCUT2D eigenvalue weighted by molar-refractivity contribution is 5.78. The van der Waals surface area contributed by atoms with Crippen LogP contribution in [-0.4, -0.2) is 51.7 Å². The Morgan fingerprint density at radius 3 is 2.74 bits per heavy atom. The molecular weight excluding hydrogens is 367 g/mol. The number of halogens is 3. The Balaban J connectivity index is 1.93. The van der Waals surface area contributed by atoms with Crippen molar-refractivity contribution in [1.82, 2.24) is 15.2 Å². The summed E-state index contributed by atoms with van der Waals surface area (Å²) >= 11 is 0. The van der Waals surface area contributed by atoms with Crippen molar-refractivity contribution in [2.45, 2.75) is 50.9 Å². The predicted molar refractivity (Wildman–Crippen MR) is 89.3 cm³/mol. The Labute approximate surface area is 154 Å². The molecule has 2 heterocycles. The van der Waals surface area contributed by atoms with Crippen molar-refractivity contribution in [2.24, 2.45) is 0 Å². The van der Waals surface area contributed by atoms with Gasteiger partial charge in [0.25, 0.3) is 0 Å². The molecule has 0 saturated carbocycles. The smallest absolute Gasteiger partial charge is 0.421 e. The molecule has 2 rings (SSSR count). The molecule has 27 heavy (non-hydrogen) atoms. The molecule has 1 aliphatic heterocycles. The van der Waals surface area contributed by atoms with Crippen molar-refractivity contribution < 1.29 is 32.6 Å². The lowest BCUT2D eigenvalue weighted by atomic mass is 10.1. The molecule has 0 unspecified atom stereocenters. The summed E-state index contributed by atoms with van der Waals surface area (Å²) in [5.41, 5.74) is -1.96. The number of nitrogens with one attached hydrogen (secondary N) is 1. The average molecular weight is 389 g/mol. The number of aromatic nitrogens is 1. The van der Waals surface area contributed by atoms with Crippen molar-refractivity contribution in [1.29, 1.82) is 0 Å². The maximum Gasteiger partial charge on any atom is 0.421 e. The van der Waals surface area contributed by atoms with Crippen LogP contribution >= 0.6 is 0 Å². The molecule has 0 aliphatic carbocycles. The Morgan fingerprint density at radius 2 is 2.11 bits per heavy atom. The summed E-state index contributed by atoms with van der Waals surface area (Å²) in [6, 6.07) is 1.64. The minimum absolute atomic E-state index is 0.00683. The zero-order chi connectivity index (χ0) is 20.2. The largest absolute Gasteiger partial charge is 0.475 e. The normalized spacial score (nSPS) is 17.7. The number of alkyl halides is 3. The monoisotopic (exact) mass is 389 g/mol. The number of hydrogen-bond acceptors (Lipinski definition) is 4. The van der Waals surface area contributed by atoms with E-state index in [1.165, 1.54) is 17.2 Å². The lowest BCUT2D eigenvalue weighted by molar-refractivity contribution is -0.139. The van der Waals surface area contributed by atoms with Gasteiger partial charge in [0.05, 0.1) is 5.54 Å². The molecule has 1 saturated heterocycles. The van der Waals surface area contributed by atoms with E-state index in [0.29, 0.717) is 19.4 Å². The number of rotatable bonds is 6. The van der Waals surface area contributed by atoms with E-state index in [4.69, 9.17) is 9.84 Å². The molecule has 1 aliphatic rings. The highest BCUT2D eigenvalue weighted by Gasteiger charge is 2.36. The van der Waals surface area contributed by atoms with E-state index in [0.717, 1.165) is 6.07 Å². The Hall–Kier alpha value is -2.52. The second-order valence-corrected chi connectivity index (χ2v) is 7.05. The Kier molecular flexibility index (Phi) is 6.17. The van der Waals surface area contributed by atoms with Crippen LogP contribution in [0.5, 0.6) is 5.88 Å². The Morgan fingerprint density at radius 1 is 1.41 bits per heavy atom. The topological polar surface area (TPSA) is 91.8 Å². The molecule has 1 fully saturated rings. The van der Waals surface area contributed by atoms with Crippen LogP contribution in [0.3, 0.4) is 0 Å². The minimum atomic E-state index is -4.60. The van der Waals surface area contributed by atoms with Crippen molar-refractivity contribution in [3.63, 3.8) is 0 Å². The SMILES string of the molecule is CC(C)(COc1ncccc1C(F)(F)F)NC(=O)C[C@@H]1CCCN1C(=O)O. The third-order valence-corrected chi connectivity index (χ3v) is 4.17. The van der Waals surface area contributed by atoms with E-state index in [-0.39, 0.29) is 18.9 Å². The standard InChI is InChI=1S/C17H22F3N3O4/c1-16(2,10-27-14-12(17(18,19)20)6-3-7-21-14)22-13(24)9-11-5-4-8-23(11)15(25)26/h3,6-7,11H,4-5,8-10H2,1-2H3,(H,22,24)(H,25,26)/t11-/m0/s1. The summed E-state index contributed by atoms with van der Waals surface area (Å²) in [5, 5.41) is 11.8. The second kappa shape index (κ2) is 8.01. The van der Waals surface area contributed by atoms with Gasteiger partial charge in [-0.2, -0.15) is 13.2 Å². The first-order valence-corrected chi connectivity index (χ1v) is 8.45. The molecule has 0 bridgehead atoms. The van der Waals surface area contributed by atoms with Gasteiger partial charge in [0.15, 0.2) is 0 Å². The quantitative estimate of drug-likeness (QED) is 0.781. The lowest BCUT2D eigenvalue weighted by Crippen LogP contribution is -2.49. The van der Waals surface area contributed by atoms with Crippen LogP contribution in [0.1, 0.15) is 38.7 Å². The summed E-state index contributed by atoms with van der Waals surface area (Å²) in [5.74, 6) is -0.945. The number of carbonyl (C=O) groups excluding carboxylic acids is 1. The molecule has 2 amide bonds. The number of nitrogens with zero attached hydrogens (tertiary/aromatic N) is 2. The number of pyridine rings is 1. The van der Waals surface area contributed by atoms with Crippen LogP contribution in [0.2, 0.25) is 0 Å². The number of carbonyl (C=O) groups is 2. The highest BCUT2D eigenvalue weighted by Crippen LogP contribution is 2.34. The maximum absolute atomic E-state index is 13.0. The number of hydrogen-bond donors (Lipinski definition) is 2. The first-order chi connectivity index (χ1) is 12.5. The fraction of sp³-hybridized carbons (Fsp3) is 0.588.